The Hall–Kier alpha value is -4.86. The molecule has 1 unspecified atom stereocenters. The largest absolute Gasteiger partial charge is 0.486 e. The predicted octanol–water partition coefficient (Wildman–Crippen LogP) is 3.55. The summed E-state index contributed by atoms with van der Waals surface area (Å²) in [6.07, 6.45) is -1.16. The number of anilines is 2. The molecule has 0 bridgehead atoms. The number of esters is 1. The Kier molecular flexibility index (Phi) is 7.15. The first-order valence-corrected chi connectivity index (χ1v) is 11.0. The number of amides is 2. The van der Waals surface area contributed by atoms with E-state index in [2.05, 4.69) is 5.32 Å². The maximum Gasteiger partial charge on any atom is 0.414 e. The third-order valence-corrected chi connectivity index (χ3v) is 5.29. The summed E-state index contributed by atoms with van der Waals surface area (Å²) in [6, 6.07) is 20.2. The first-order chi connectivity index (χ1) is 17.3. The van der Waals surface area contributed by atoms with E-state index in [-0.39, 0.29) is 36.0 Å². The number of carbonyl (C=O) groups excluding carboxylic acids is 3. The molecule has 1 fully saturated rings. The maximum atomic E-state index is 12.9. The number of rotatable bonds is 8. The number of ether oxygens (including phenoxy) is 3. The van der Waals surface area contributed by atoms with Crippen molar-refractivity contribution in [3.63, 3.8) is 0 Å². The normalized spacial score (nSPS) is 14.6. The lowest BCUT2D eigenvalue weighted by molar-refractivity contribution is -0.132. The fourth-order valence-electron chi connectivity index (χ4n) is 3.60. The van der Waals surface area contributed by atoms with Crippen LogP contribution in [0.5, 0.6) is 11.5 Å². The Bertz CT molecular complexity index is 1290. The van der Waals surface area contributed by atoms with Crippen molar-refractivity contribution in [1.29, 1.82) is 5.41 Å². The van der Waals surface area contributed by atoms with Crippen molar-refractivity contribution in [3.8, 4) is 11.5 Å². The first-order valence-electron chi connectivity index (χ1n) is 11.0. The van der Waals surface area contributed by atoms with E-state index in [0.717, 1.165) is 0 Å². The number of nitrogen functional groups attached to an aromatic ring is 1. The summed E-state index contributed by atoms with van der Waals surface area (Å²) in [5.41, 5.74) is 7.30. The highest BCUT2D eigenvalue weighted by atomic mass is 16.6. The smallest absolute Gasteiger partial charge is 0.414 e. The Balaban J connectivity index is 1.47. The highest BCUT2D eigenvalue weighted by molar-refractivity contribution is 6.07. The van der Waals surface area contributed by atoms with Crippen molar-refractivity contribution >= 4 is 35.2 Å². The molecular weight excluding hydrogens is 464 g/mol. The number of nitrogens with zero attached hydrogens (tertiary/aromatic N) is 1. The fourth-order valence-corrected chi connectivity index (χ4v) is 3.60. The van der Waals surface area contributed by atoms with E-state index in [0.29, 0.717) is 16.9 Å². The Morgan fingerprint density at radius 3 is 2.47 bits per heavy atom. The molecule has 3 aromatic rings. The fraction of sp³-hybridized carbons (Fsp3) is 0.154. The number of nitrogens with two attached hydrogens (primary N) is 1. The summed E-state index contributed by atoms with van der Waals surface area (Å²) in [5, 5.41) is 10.2. The number of carbonyl (C=O) groups is 3. The summed E-state index contributed by atoms with van der Waals surface area (Å²) >= 11 is 0. The van der Waals surface area contributed by atoms with Gasteiger partial charge in [-0.25, -0.2) is 4.79 Å². The third-order valence-electron chi connectivity index (χ3n) is 5.29. The molecule has 2 amide bonds. The lowest BCUT2D eigenvalue weighted by atomic mass is 10.1. The van der Waals surface area contributed by atoms with Gasteiger partial charge in [-0.1, -0.05) is 24.3 Å². The Morgan fingerprint density at radius 1 is 1.08 bits per heavy atom. The second kappa shape index (κ2) is 10.6. The van der Waals surface area contributed by atoms with Gasteiger partial charge in [-0.05, 0) is 48.5 Å². The Labute approximate surface area is 207 Å². The minimum absolute atomic E-state index is 0.0283. The number of benzene rings is 3. The van der Waals surface area contributed by atoms with Crippen molar-refractivity contribution in [2.75, 3.05) is 23.4 Å². The van der Waals surface area contributed by atoms with E-state index in [1.807, 2.05) is 6.07 Å². The van der Waals surface area contributed by atoms with E-state index < -0.39 is 24.1 Å². The van der Waals surface area contributed by atoms with Crippen LogP contribution in [-0.4, -0.2) is 43.1 Å². The van der Waals surface area contributed by atoms with Crippen LogP contribution in [0.25, 0.3) is 0 Å². The number of hydrogen-bond acceptors (Lipinski definition) is 7. The van der Waals surface area contributed by atoms with E-state index >= 15 is 0 Å². The zero-order valence-corrected chi connectivity index (χ0v) is 19.4. The van der Waals surface area contributed by atoms with Crippen LogP contribution in [0.3, 0.4) is 0 Å². The van der Waals surface area contributed by atoms with Gasteiger partial charge in [-0.3, -0.25) is 19.9 Å². The molecule has 10 heteroatoms. The highest BCUT2D eigenvalue weighted by Crippen LogP contribution is 2.33. The molecule has 36 heavy (non-hydrogen) atoms. The van der Waals surface area contributed by atoms with Crippen molar-refractivity contribution in [2.45, 2.75) is 13.0 Å². The van der Waals surface area contributed by atoms with Crippen molar-refractivity contribution < 1.29 is 28.6 Å². The summed E-state index contributed by atoms with van der Waals surface area (Å²) in [5.74, 6) is -1.03. The van der Waals surface area contributed by atoms with Gasteiger partial charge in [0.05, 0.1) is 12.1 Å². The van der Waals surface area contributed by atoms with Crippen LogP contribution in [0.4, 0.5) is 16.2 Å². The van der Waals surface area contributed by atoms with Gasteiger partial charge in [0.25, 0.3) is 5.91 Å². The average molecular weight is 489 g/mol. The lowest BCUT2D eigenvalue weighted by Crippen LogP contribution is -2.26. The van der Waals surface area contributed by atoms with Crippen LogP contribution < -0.4 is 25.4 Å². The van der Waals surface area contributed by atoms with Crippen LogP contribution >= 0.6 is 0 Å². The van der Waals surface area contributed by atoms with Gasteiger partial charge in [-0.15, -0.1) is 0 Å². The maximum absolute atomic E-state index is 12.9. The van der Waals surface area contributed by atoms with E-state index in [1.165, 1.54) is 17.9 Å². The molecule has 4 N–H and O–H groups in total. The van der Waals surface area contributed by atoms with E-state index in [4.69, 9.17) is 25.4 Å². The quantitative estimate of drug-likeness (QED) is 0.190. The molecule has 0 radical (unpaired) electrons. The van der Waals surface area contributed by atoms with Gasteiger partial charge in [0.1, 0.15) is 12.4 Å². The van der Waals surface area contributed by atoms with Gasteiger partial charge in [0.2, 0.25) is 0 Å². The minimum Gasteiger partial charge on any atom is -0.486 e. The molecule has 1 aliphatic rings. The van der Waals surface area contributed by atoms with Crippen LogP contribution in [0.15, 0.2) is 72.8 Å². The lowest BCUT2D eigenvalue weighted by Gasteiger charge is -2.16. The van der Waals surface area contributed by atoms with Crippen molar-refractivity contribution in [1.82, 2.24) is 0 Å². The molecule has 1 atom stereocenters. The SMILES string of the molecule is CC(=O)Oc1c(OCC2CN(c3ccc(C(=N)N)cc3)C(=O)O2)cccc1C(=O)Nc1ccccc1. The molecule has 1 heterocycles. The number of nitrogens with one attached hydrogen (secondary N) is 2. The number of hydrogen-bond donors (Lipinski definition) is 3. The molecule has 0 saturated carbocycles. The highest BCUT2D eigenvalue weighted by Gasteiger charge is 2.33. The molecule has 10 nitrogen and oxygen atoms in total. The van der Waals surface area contributed by atoms with E-state index in [9.17, 15) is 14.4 Å². The first kappa shape index (κ1) is 24.3. The summed E-state index contributed by atoms with van der Waals surface area (Å²) in [6.45, 7) is 1.41. The summed E-state index contributed by atoms with van der Waals surface area (Å²) < 4.78 is 16.6. The molecule has 4 rings (SSSR count). The molecule has 1 saturated heterocycles. The van der Waals surface area contributed by atoms with Gasteiger partial charge >= 0.3 is 12.1 Å². The number of para-hydroxylation sites is 2. The topological polar surface area (TPSA) is 144 Å². The van der Waals surface area contributed by atoms with E-state index in [1.54, 1.807) is 60.7 Å². The molecular formula is C26H24N4O6. The van der Waals surface area contributed by atoms with Gasteiger partial charge in [-0.2, -0.15) is 0 Å². The number of cyclic esters (lactones) is 1. The zero-order valence-electron chi connectivity index (χ0n) is 19.4. The van der Waals surface area contributed by atoms with Crippen molar-refractivity contribution in [3.05, 3.63) is 83.9 Å². The van der Waals surface area contributed by atoms with Crippen LogP contribution in [-0.2, 0) is 9.53 Å². The third kappa shape index (κ3) is 5.61. The standard InChI is InChI=1S/C26H24N4O6/c1-16(31)35-23-21(25(32)29-18-6-3-2-4-7-18)8-5-9-22(23)34-15-20-14-30(26(33)36-20)19-12-10-17(11-13-19)24(27)28/h2-13,20H,14-15H2,1H3,(H3,27,28)(H,29,32). The van der Waals surface area contributed by atoms with Crippen LogP contribution in [0.1, 0.15) is 22.8 Å². The molecule has 0 aliphatic carbocycles. The van der Waals surface area contributed by atoms with Crippen LogP contribution in [0, 0.1) is 5.41 Å². The predicted molar refractivity (Wildman–Crippen MR) is 133 cm³/mol. The molecule has 3 aromatic carbocycles. The Morgan fingerprint density at radius 2 is 1.81 bits per heavy atom. The monoisotopic (exact) mass is 488 g/mol. The second-order valence-corrected chi connectivity index (χ2v) is 7.93. The average Bonchev–Trinajstić information content (AvgIpc) is 3.24. The second-order valence-electron chi connectivity index (χ2n) is 7.93. The molecule has 184 valence electrons. The van der Waals surface area contributed by atoms with Crippen molar-refractivity contribution in [2.24, 2.45) is 5.73 Å². The van der Waals surface area contributed by atoms with Crippen LogP contribution in [0.2, 0.25) is 0 Å². The molecule has 1 aliphatic heterocycles. The van der Waals surface area contributed by atoms with Gasteiger partial charge in [0.15, 0.2) is 17.6 Å². The molecule has 0 aromatic heterocycles. The van der Waals surface area contributed by atoms with Gasteiger partial charge in [0, 0.05) is 23.9 Å². The zero-order chi connectivity index (χ0) is 25.7. The minimum atomic E-state index is -0.618. The van der Waals surface area contributed by atoms with Gasteiger partial charge < -0.3 is 25.3 Å². The summed E-state index contributed by atoms with van der Waals surface area (Å²) in [4.78, 5) is 38.5. The number of amidine groups is 1. The summed E-state index contributed by atoms with van der Waals surface area (Å²) in [7, 11) is 0. The molecule has 0 spiro atoms.